The van der Waals surface area contributed by atoms with Crippen LogP contribution in [-0.4, -0.2) is 44.1 Å². The zero-order chi connectivity index (χ0) is 22.6. The van der Waals surface area contributed by atoms with Crippen molar-refractivity contribution >= 4 is 16.7 Å². The van der Waals surface area contributed by atoms with E-state index in [1.165, 1.54) is 6.07 Å². The van der Waals surface area contributed by atoms with Gasteiger partial charge in [0.1, 0.15) is 17.0 Å². The lowest BCUT2D eigenvalue weighted by Crippen LogP contribution is -2.55. The molecule has 1 aliphatic rings. The molecule has 164 valence electrons. The van der Waals surface area contributed by atoms with E-state index in [1.54, 1.807) is 18.3 Å². The van der Waals surface area contributed by atoms with Crippen molar-refractivity contribution in [1.29, 1.82) is 0 Å². The molecule has 0 spiro atoms. The zero-order valence-corrected chi connectivity index (χ0v) is 17.4. The highest BCUT2D eigenvalue weighted by Gasteiger charge is 2.41. The Balaban J connectivity index is 1.80. The SMILES string of the molecule is C[C@@H]1CN(c2nnc(-c3ccc(C(F)(F)F)cc3O)c3cccnc23)C[C@H](C)C1(C)O. The predicted molar refractivity (Wildman–Crippen MR) is 111 cm³/mol. The molecule has 0 bridgehead atoms. The monoisotopic (exact) mass is 432 g/mol. The number of rotatable bonds is 2. The average molecular weight is 432 g/mol. The Hall–Kier alpha value is -2.94. The maximum Gasteiger partial charge on any atom is 0.416 e. The van der Waals surface area contributed by atoms with Crippen LogP contribution in [-0.2, 0) is 6.18 Å². The molecule has 1 aliphatic heterocycles. The fraction of sp³-hybridized carbons (Fsp3) is 0.409. The van der Waals surface area contributed by atoms with E-state index in [4.69, 9.17) is 0 Å². The molecule has 0 aliphatic carbocycles. The van der Waals surface area contributed by atoms with E-state index in [1.807, 2.05) is 25.7 Å². The number of halogens is 3. The van der Waals surface area contributed by atoms with Crippen LogP contribution >= 0.6 is 0 Å². The third-order valence-electron chi connectivity index (χ3n) is 6.38. The summed E-state index contributed by atoms with van der Waals surface area (Å²) >= 11 is 0. The highest BCUT2D eigenvalue weighted by molar-refractivity contribution is 5.98. The summed E-state index contributed by atoms with van der Waals surface area (Å²) in [5, 5.41) is 30.2. The van der Waals surface area contributed by atoms with Crippen molar-refractivity contribution < 1.29 is 23.4 Å². The Morgan fingerprint density at radius 3 is 2.39 bits per heavy atom. The summed E-state index contributed by atoms with van der Waals surface area (Å²) < 4.78 is 38.9. The molecular weight excluding hydrogens is 409 g/mol. The van der Waals surface area contributed by atoms with Crippen LogP contribution in [0.5, 0.6) is 5.75 Å². The average Bonchev–Trinajstić information content (AvgIpc) is 2.71. The first-order valence-corrected chi connectivity index (χ1v) is 9.99. The van der Waals surface area contributed by atoms with Gasteiger partial charge in [-0.1, -0.05) is 13.8 Å². The summed E-state index contributed by atoms with van der Waals surface area (Å²) in [6.45, 7) is 6.89. The van der Waals surface area contributed by atoms with Crippen molar-refractivity contribution in [2.45, 2.75) is 32.5 Å². The number of piperidine rings is 1. The highest BCUT2D eigenvalue weighted by Crippen LogP contribution is 2.40. The van der Waals surface area contributed by atoms with Crippen molar-refractivity contribution in [2.75, 3.05) is 18.0 Å². The van der Waals surface area contributed by atoms with Crippen molar-refractivity contribution in [2.24, 2.45) is 11.8 Å². The second-order valence-electron chi connectivity index (χ2n) is 8.43. The number of phenols is 1. The summed E-state index contributed by atoms with van der Waals surface area (Å²) in [6, 6.07) is 6.23. The van der Waals surface area contributed by atoms with Gasteiger partial charge >= 0.3 is 6.18 Å². The van der Waals surface area contributed by atoms with Gasteiger partial charge in [-0.15, -0.1) is 10.2 Å². The van der Waals surface area contributed by atoms with Crippen LogP contribution in [0.1, 0.15) is 26.3 Å². The normalized spacial score (nSPS) is 24.5. The molecule has 3 heterocycles. The number of phenolic OH excluding ortho intramolecular Hbond substituents is 1. The Kier molecular flexibility index (Phi) is 5.04. The second kappa shape index (κ2) is 7.33. The molecule has 3 aromatic rings. The minimum absolute atomic E-state index is 0.0181. The van der Waals surface area contributed by atoms with E-state index in [9.17, 15) is 23.4 Å². The van der Waals surface area contributed by atoms with E-state index in [0.717, 1.165) is 6.07 Å². The van der Waals surface area contributed by atoms with Crippen molar-refractivity contribution in [1.82, 2.24) is 15.2 Å². The number of hydrogen-bond donors (Lipinski definition) is 2. The fourth-order valence-electron chi connectivity index (χ4n) is 4.06. The maximum atomic E-state index is 13.0. The number of alkyl halides is 3. The molecule has 3 atom stereocenters. The van der Waals surface area contributed by atoms with E-state index >= 15 is 0 Å². The Bertz CT molecular complexity index is 1120. The van der Waals surface area contributed by atoms with Gasteiger partial charge in [0.2, 0.25) is 0 Å². The molecular formula is C22H23F3N4O2. The number of hydrogen-bond acceptors (Lipinski definition) is 6. The lowest BCUT2D eigenvalue weighted by atomic mass is 9.76. The number of fused-ring (bicyclic) bond motifs is 1. The molecule has 0 amide bonds. The van der Waals surface area contributed by atoms with Crippen LogP contribution in [0, 0.1) is 11.8 Å². The Labute approximate surface area is 177 Å². The maximum absolute atomic E-state index is 13.0. The minimum atomic E-state index is -4.56. The number of anilines is 1. The first-order valence-electron chi connectivity index (χ1n) is 9.99. The minimum Gasteiger partial charge on any atom is -0.507 e. The molecule has 2 aromatic heterocycles. The largest absolute Gasteiger partial charge is 0.507 e. The van der Waals surface area contributed by atoms with E-state index in [0.29, 0.717) is 35.9 Å². The van der Waals surface area contributed by atoms with Gasteiger partial charge in [0, 0.05) is 42.1 Å². The van der Waals surface area contributed by atoms with Gasteiger partial charge in [0.15, 0.2) is 5.82 Å². The number of benzene rings is 1. The lowest BCUT2D eigenvalue weighted by Gasteiger charge is -2.46. The van der Waals surface area contributed by atoms with Gasteiger partial charge < -0.3 is 15.1 Å². The zero-order valence-electron chi connectivity index (χ0n) is 17.4. The number of pyridine rings is 1. The van der Waals surface area contributed by atoms with Crippen LogP contribution in [0.4, 0.5) is 19.0 Å². The van der Waals surface area contributed by atoms with E-state index in [-0.39, 0.29) is 23.1 Å². The molecule has 1 saturated heterocycles. The number of aromatic nitrogens is 3. The molecule has 4 rings (SSSR count). The fourth-order valence-corrected chi connectivity index (χ4v) is 4.06. The summed E-state index contributed by atoms with van der Waals surface area (Å²) in [7, 11) is 0. The van der Waals surface area contributed by atoms with Gasteiger partial charge in [-0.2, -0.15) is 13.2 Å². The first-order chi connectivity index (χ1) is 14.5. The van der Waals surface area contributed by atoms with Crippen LogP contribution in [0.3, 0.4) is 0 Å². The number of nitrogens with zero attached hydrogens (tertiary/aromatic N) is 4. The predicted octanol–water partition coefficient (Wildman–Crippen LogP) is 4.26. The number of aromatic hydroxyl groups is 1. The second-order valence-corrected chi connectivity index (χ2v) is 8.43. The van der Waals surface area contributed by atoms with Crippen molar-refractivity contribution in [3.63, 3.8) is 0 Å². The van der Waals surface area contributed by atoms with Gasteiger partial charge in [-0.05, 0) is 37.3 Å². The molecule has 0 radical (unpaired) electrons. The lowest BCUT2D eigenvalue weighted by molar-refractivity contribution is -0.137. The summed E-state index contributed by atoms with van der Waals surface area (Å²) in [6.07, 6.45) is -2.95. The van der Waals surface area contributed by atoms with Gasteiger partial charge in [-0.3, -0.25) is 4.98 Å². The van der Waals surface area contributed by atoms with Crippen molar-refractivity contribution in [3.05, 3.63) is 42.1 Å². The smallest absolute Gasteiger partial charge is 0.416 e. The van der Waals surface area contributed by atoms with Crippen LogP contribution in [0.2, 0.25) is 0 Å². The van der Waals surface area contributed by atoms with Crippen LogP contribution in [0.25, 0.3) is 22.2 Å². The molecule has 1 unspecified atom stereocenters. The number of aliphatic hydroxyl groups is 1. The third-order valence-corrected chi connectivity index (χ3v) is 6.38. The van der Waals surface area contributed by atoms with E-state index < -0.39 is 23.1 Å². The quantitative estimate of drug-likeness (QED) is 0.630. The van der Waals surface area contributed by atoms with Gasteiger partial charge in [-0.25, -0.2) is 0 Å². The third kappa shape index (κ3) is 3.67. The molecule has 31 heavy (non-hydrogen) atoms. The topological polar surface area (TPSA) is 82.4 Å². The standard InChI is InChI=1S/C22H23F3N4O2/c1-12-10-29(11-13(2)21(12,3)31)20-19-16(5-4-8-26-19)18(27-28-20)15-7-6-14(9-17(15)30)22(23,24)25/h4-9,12-13,30-31H,10-11H2,1-3H3/t12-,13+,21?. The summed E-state index contributed by atoms with van der Waals surface area (Å²) in [5.74, 6) is -0.0239. The molecule has 2 N–H and O–H groups in total. The molecule has 1 aromatic carbocycles. The van der Waals surface area contributed by atoms with E-state index in [2.05, 4.69) is 15.2 Å². The molecule has 0 saturated carbocycles. The van der Waals surface area contributed by atoms with Gasteiger partial charge in [0.25, 0.3) is 0 Å². The molecule has 1 fully saturated rings. The first kappa shape index (κ1) is 21.3. The summed E-state index contributed by atoms with van der Waals surface area (Å²) in [4.78, 5) is 6.47. The van der Waals surface area contributed by atoms with Crippen LogP contribution in [0.15, 0.2) is 36.5 Å². The molecule has 6 nitrogen and oxygen atoms in total. The van der Waals surface area contributed by atoms with Crippen molar-refractivity contribution in [3.8, 4) is 17.0 Å². The van der Waals surface area contributed by atoms with Gasteiger partial charge in [0.05, 0.1) is 11.2 Å². The Morgan fingerprint density at radius 2 is 1.77 bits per heavy atom. The molecule has 9 heteroatoms. The Morgan fingerprint density at radius 1 is 1.10 bits per heavy atom. The van der Waals surface area contributed by atoms with Crippen LogP contribution < -0.4 is 4.90 Å². The highest BCUT2D eigenvalue weighted by atomic mass is 19.4. The summed E-state index contributed by atoms with van der Waals surface area (Å²) in [5.41, 5.74) is -0.813.